The minimum absolute atomic E-state index is 0.286. The Bertz CT molecular complexity index is 837. The first-order valence-corrected chi connectivity index (χ1v) is 19.8. The molecule has 0 aliphatic carbocycles. The number of hydrogen-bond donors (Lipinski definition) is 3. The predicted molar refractivity (Wildman–Crippen MR) is 189 cm³/mol. The molecule has 0 aromatic carbocycles. The van der Waals surface area contributed by atoms with E-state index in [4.69, 9.17) is 0 Å². The standard InChI is InChI=1S/C37H69NO5S/c1-3-5-7-9-11-13-15-16-17-18-19-20-21-22-23-25-27-29-31-33-37(40)38-35(34-44(41,42)43)36(39)32-30-28-26-24-14-12-10-8-6-4-2/h14,16-17,24,30,32,35-36,39H,3-13,15,18-23,25-29,31,33-34H2,1-2H3,(H,38,40)(H,41,42,43)/b17-16-,24-14+,32-30+. The molecule has 2 unspecified atom stereocenters. The summed E-state index contributed by atoms with van der Waals surface area (Å²) < 4.78 is 32.3. The van der Waals surface area contributed by atoms with Crippen molar-refractivity contribution in [2.75, 3.05) is 5.75 Å². The zero-order valence-corrected chi connectivity index (χ0v) is 29.3. The van der Waals surface area contributed by atoms with Gasteiger partial charge < -0.3 is 10.4 Å². The molecule has 1 amide bonds. The molecule has 0 aliphatic heterocycles. The van der Waals surface area contributed by atoms with Crippen molar-refractivity contribution in [1.29, 1.82) is 0 Å². The lowest BCUT2D eigenvalue weighted by atomic mass is 10.0. The van der Waals surface area contributed by atoms with Crippen LogP contribution in [0.1, 0.15) is 174 Å². The van der Waals surface area contributed by atoms with Crippen LogP contribution in [0.15, 0.2) is 36.5 Å². The van der Waals surface area contributed by atoms with E-state index in [1.54, 1.807) is 6.08 Å². The number of amides is 1. The molecule has 3 N–H and O–H groups in total. The average Bonchev–Trinajstić information content (AvgIpc) is 2.98. The highest BCUT2D eigenvalue weighted by Crippen LogP contribution is 2.13. The summed E-state index contributed by atoms with van der Waals surface area (Å²) in [4.78, 5) is 12.4. The highest BCUT2D eigenvalue weighted by atomic mass is 32.2. The van der Waals surface area contributed by atoms with Gasteiger partial charge in [-0.2, -0.15) is 8.42 Å². The van der Waals surface area contributed by atoms with Crippen LogP contribution in [0.3, 0.4) is 0 Å². The quantitative estimate of drug-likeness (QED) is 0.0386. The molecule has 0 aromatic rings. The molecule has 7 heteroatoms. The monoisotopic (exact) mass is 639 g/mol. The van der Waals surface area contributed by atoms with E-state index in [0.717, 1.165) is 32.1 Å². The van der Waals surface area contributed by atoms with Gasteiger partial charge in [-0.15, -0.1) is 0 Å². The normalized spacial score (nSPS) is 13.8. The van der Waals surface area contributed by atoms with Gasteiger partial charge in [0.1, 0.15) is 0 Å². The molecule has 258 valence electrons. The summed E-state index contributed by atoms with van der Waals surface area (Å²) in [5.41, 5.74) is 0. The Kier molecular flexibility index (Phi) is 30.5. The molecule has 0 aromatic heterocycles. The van der Waals surface area contributed by atoms with Crippen LogP contribution in [0.25, 0.3) is 0 Å². The zero-order chi connectivity index (χ0) is 32.6. The molecule has 0 saturated carbocycles. The predicted octanol–water partition coefficient (Wildman–Crippen LogP) is 10.2. The van der Waals surface area contributed by atoms with Gasteiger partial charge in [0.05, 0.1) is 17.9 Å². The van der Waals surface area contributed by atoms with E-state index in [2.05, 4.69) is 43.5 Å². The van der Waals surface area contributed by atoms with E-state index in [0.29, 0.717) is 6.42 Å². The maximum absolute atomic E-state index is 12.4. The minimum atomic E-state index is -4.34. The molecule has 6 nitrogen and oxygen atoms in total. The van der Waals surface area contributed by atoms with Crippen molar-refractivity contribution in [3.63, 3.8) is 0 Å². The lowest BCUT2D eigenvalue weighted by Gasteiger charge is -2.21. The second-order valence-corrected chi connectivity index (χ2v) is 14.0. The zero-order valence-electron chi connectivity index (χ0n) is 28.5. The topological polar surface area (TPSA) is 104 Å². The second-order valence-electron chi connectivity index (χ2n) is 12.5. The van der Waals surface area contributed by atoms with Crippen molar-refractivity contribution < 1.29 is 22.9 Å². The highest BCUT2D eigenvalue weighted by Gasteiger charge is 2.24. The number of nitrogens with one attached hydrogen (secondary N) is 1. The van der Waals surface area contributed by atoms with Crippen LogP contribution in [0.4, 0.5) is 0 Å². The first-order valence-electron chi connectivity index (χ1n) is 18.2. The van der Waals surface area contributed by atoms with E-state index >= 15 is 0 Å². The van der Waals surface area contributed by atoms with Gasteiger partial charge >= 0.3 is 0 Å². The molecule has 0 rings (SSSR count). The molecule has 0 aliphatic rings. The van der Waals surface area contributed by atoms with Crippen LogP contribution in [0.5, 0.6) is 0 Å². The molecule has 2 atom stereocenters. The highest BCUT2D eigenvalue weighted by molar-refractivity contribution is 7.85. The number of rotatable bonds is 32. The van der Waals surface area contributed by atoms with Crippen molar-refractivity contribution in [3.05, 3.63) is 36.5 Å². The number of carbonyl (C=O) groups is 1. The number of unbranched alkanes of at least 4 members (excludes halogenated alkanes) is 20. The molecule has 44 heavy (non-hydrogen) atoms. The van der Waals surface area contributed by atoms with Gasteiger partial charge in [0.2, 0.25) is 5.91 Å². The van der Waals surface area contributed by atoms with Crippen molar-refractivity contribution in [3.8, 4) is 0 Å². The fraction of sp³-hybridized carbons (Fsp3) is 0.811. The third-order valence-corrected chi connectivity index (χ3v) is 8.82. The Morgan fingerprint density at radius 3 is 1.45 bits per heavy atom. The van der Waals surface area contributed by atoms with Crippen LogP contribution in [0.2, 0.25) is 0 Å². The number of carbonyl (C=O) groups excluding carboxylic acids is 1. The van der Waals surface area contributed by atoms with Gasteiger partial charge in [-0.05, 0) is 57.8 Å². The fourth-order valence-electron chi connectivity index (χ4n) is 5.28. The van der Waals surface area contributed by atoms with Crippen LogP contribution in [-0.4, -0.2) is 41.9 Å². The van der Waals surface area contributed by atoms with Crippen molar-refractivity contribution in [1.82, 2.24) is 5.32 Å². The van der Waals surface area contributed by atoms with Crippen LogP contribution < -0.4 is 5.32 Å². The van der Waals surface area contributed by atoms with Gasteiger partial charge in [-0.3, -0.25) is 9.35 Å². The van der Waals surface area contributed by atoms with Gasteiger partial charge in [0.25, 0.3) is 10.1 Å². The maximum Gasteiger partial charge on any atom is 0.267 e. The van der Waals surface area contributed by atoms with E-state index < -0.39 is 28.0 Å². The molecule has 0 spiro atoms. The van der Waals surface area contributed by atoms with E-state index in [1.165, 1.54) is 122 Å². The van der Waals surface area contributed by atoms with Crippen LogP contribution in [0, 0.1) is 0 Å². The van der Waals surface area contributed by atoms with Crippen molar-refractivity contribution in [2.24, 2.45) is 0 Å². The summed E-state index contributed by atoms with van der Waals surface area (Å²) in [6, 6.07) is -1.07. The minimum Gasteiger partial charge on any atom is -0.387 e. The summed E-state index contributed by atoms with van der Waals surface area (Å²) in [5, 5.41) is 13.1. The molecule has 0 radical (unpaired) electrons. The van der Waals surface area contributed by atoms with E-state index in [-0.39, 0.29) is 12.3 Å². The Morgan fingerprint density at radius 1 is 0.591 bits per heavy atom. The summed E-state index contributed by atoms with van der Waals surface area (Å²) in [5.74, 6) is -1.00. The van der Waals surface area contributed by atoms with Crippen molar-refractivity contribution >= 4 is 16.0 Å². The fourth-order valence-corrected chi connectivity index (χ4v) is 6.02. The van der Waals surface area contributed by atoms with E-state index in [9.17, 15) is 22.9 Å². The maximum atomic E-state index is 12.4. The van der Waals surface area contributed by atoms with Crippen LogP contribution >= 0.6 is 0 Å². The van der Waals surface area contributed by atoms with Gasteiger partial charge in [-0.1, -0.05) is 147 Å². The Hall–Kier alpha value is -1.44. The number of allylic oxidation sites excluding steroid dienone is 5. The third-order valence-electron chi connectivity index (χ3n) is 8.04. The van der Waals surface area contributed by atoms with Gasteiger partial charge in [-0.25, -0.2) is 0 Å². The molecule has 0 saturated heterocycles. The Morgan fingerprint density at radius 2 is 0.977 bits per heavy atom. The second kappa shape index (κ2) is 31.5. The lowest BCUT2D eigenvalue weighted by Crippen LogP contribution is -2.46. The SMILES string of the molecule is CCCCCC/C=C/CC/C=C/C(O)C(CS(=O)(=O)O)NC(=O)CCCCCCCCCCC/C=C\CCCCCCCC. The summed E-state index contributed by atoms with van der Waals surface area (Å²) in [7, 11) is -4.34. The summed E-state index contributed by atoms with van der Waals surface area (Å²) in [6.07, 6.45) is 39.9. The summed E-state index contributed by atoms with van der Waals surface area (Å²) in [6.45, 7) is 4.46. The molecular formula is C37H69NO5S. The smallest absolute Gasteiger partial charge is 0.267 e. The van der Waals surface area contributed by atoms with Crippen LogP contribution in [-0.2, 0) is 14.9 Å². The van der Waals surface area contributed by atoms with Gasteiger partial charge in [0, 0.05) is 6.42 Å². The number of aliphatic hydroxyl groups excluding tert-OH is 1. The largest absolute Gasteiger partial charge is 0.387 e. The summed E-state index contributed by atoms with van der Waals surface area (Å²) >= 11 is 0. The van der Waals surface area contributed by atoms with Gasteiger partial charge in [0.15, 0.2) is 0 Å². The third kappa shape index (κ3) is 32.0. The molecule has 0 heterocycles. The first-order chi connectivity index (χ1) is 21.3. The number of aliphatic hydroxyl groups is 1. The molecule has 0 bridgehead atoms. The Labute approximate surface area is 272 Å². The average molecular weight is 640 g/mol. The Balaban J connectivity index is 3.94. The molecule has 0 fully saturated rings. The van der Waals surface area contributed by atoms with Crippen molar-refractivity contribution in [2.45, 2.75) is 187 Å². The molecular weight excluding hydrogens is 570 g/mol. The lowest BCUT2D eigenvalue weighted by molar-refractivity contribution is -0.122. The van der Waals surface area contributed by atoms with E-state index in [1.807, 2.05) is 0 Å². The first kappa shape index (κ1) is 42.6. The number of hydrogen-bond acceptors (Lipinski definition) is 4.